The van der Waals surface area contributed by atoms with Gasteiger partial charge in [-0.25, -0.2) is 0 Å². The van der Waals surface area contributed by atoms with E-state index in [0.717, 1.165) is 66.9 Å². The van der Waals surface area contributed by atoms with E-state index in [9.17, 15) is 0 Å². The Balaban J connectivity index is 0.000000188. The van der Waals surface area contributed by atoms with E-state index in [0.29, 0.717) is 5.56 Å². The zero-order chi connectivity index (χ0) is 47.3. The monoisotopic (exact) mass is 1090 g/mol. The molecule has 10 rings (SSSR count). The summed E-state index contributed by atoms with van der Waals surface area (Å²) in [5, 5.41) is 2.14. The predicted octanol–water partition coefficient (Wildman–Crippen LogP) is 14.5. The van der Waals surface area contributed by atoms with E-state index in [4.69, 9.17) is 18.5 Å². The van der Waals surface area contributed by atoms with Crippen LogP contribution in [0.3, 0.4) is 0 Å². The van der Waals surface area contributed by atoms with Crippen LogP contribution in [0.25, 0.3) is 72.4 Å². The third-order valence-electron chi connectivity index (χ3n) is 12.1. The summed E-state index contributed by atoms with van der Waals surface area (Å²) >= 11 is -2.18. The van der Waals surface area contributed by atoms with Gasteiger partial charge in [0, 0.05) is 42.9 Å². The molecule has 1 radical (unpaired) electrons. The number of aryl methyl sites for hydroxylation is 1. The molecule has 0 atom stereocenters. The smallest absolute Gasteiger partial charge is 0 e. The molecule has 10 aromatic rings. The van der Waals surface area contributed by atoms with Gasteiger partial charge in [0.15, 0.2) is 0 Å². The van der Waals surface area contributed by atoms with Gasteiger partial charge in [0.05, 0.1) is 28.6 Å². The van der Waals surface area contributed by atoms with E-state index >= 15 is 0 Å². The zero-order valence-electron chi connectivity index (χ0n) is 41.1. The first-order chi connectivity index (χ1) is 31.9. The first-order valence-electron chi connectivity index (χ1n) is 23.3. The van der Waals surface area contributed by atoms with E-state index in [2.05, 4.69) is 165 Å². The minimum Gasteiger partial charge on any atom is 0 e. The van der Waals surface area contributed by atoms with E-state index in [1.807, 2.05) is 61.1 Å². The minimum atomic E-state index is -2.18. The molecular weight excluding hydrogens is 1030 g/mol. The Bertz CT molecular complexity index is 3370. The number of benzene rings is 6. The Labute approximate surface area is 404 Å². The number of pyridine rings is 2. The third kappa shape index (κ3) is 9.05. The number of para-hydroxylation sites is 1. The van der Waals surface area contributed by atoms with Crippen LogP contribution in [0, 0.1) is 19.0 Å². The Morgan fingerprint density at radius 1 is 0.692 bits per heavy atom. The van der Waals surface area contributed by atoms with Gasteiger partial charge in [-0.2, -0.15) is 0 Å². The molecule has 0 aliphatic rings. The molecule has 0 unspecified atom stereocenters. The topological polar surface area (TPSA) is 56.7 Å². The summed E-state index contributed by atoms with van der Waals surface area (Å²) in [6, 6.07) is 55.6. The fourth-order valence-electron chi connectivity index (χ4n) is 8.60. The van der Waals surface area contributed by atoms with Gasteiger partial charge in [-0.1, -0.05) is 92.4 Å². The number of nitrogens with zero attached hydrogens (tertiary/aromatic N) is 4. The van der Waals surface area contributed by atoms with E-state index < -0.39 is 20.1 Å². The van der Waals surface area contributed by atoms with Crippen LogP contribution in [-0.4, -0.2) is 32.8 Å². The van der Waals surface area contributed by atoms with Crippen molar-refractivity contribution >= 4 is 50.6 Å². The Kier molecular flexibility index (Phi) is 11.7. The first kappa shape index (κ1) is 41.8. The van der Waals surface area contributed by atoms with Crippen LogP contribution in [-0.2, 0) is 30.9 Å². The van der Waals surface area contributed by atoms with Gasteiger partial charge in [-0.15, -0.1) is 18.2 Å². The summed E-state index contributed by atoms with van der Waals surface area (Å²) in [4.78, 5) is 14.5. The second kappa shape index (κ2) is 18.2. The van der Waals surface area contributed by atoms with Crippen LogP contribution >= 0.6 is 0 Å². The molecule has 4 heterocycles. The van der Waals surface area contributed by atoms with Crippen molar-refractivity contribution < 1.29 is 28.6 Å². The second-order valence-electron chi connectivity index (χ2n) is 19.0. The molecule has 0 aliphatic carbocycles. The van der Waals surface area contributed by atoms with Crippen molar-refractivity contribution in [1.82, 2.24) is 19.5 Å². The first-order valence-corrected chi connectivity index (χ1v) is 29.2. The summed E-state index contributed by atoms with van der Waals surface area (Å²) in [7, 11) is 0. The second-order valence-corrected chi connectivity index (χ2v) is 29.6. The van der Waals surface area contributed by atoms with Crippen LogP contribution in [0.2, 0.25) is 17.3 Å². The number of fused-ring (bicyclic) bond motifs is 4. The van der Waals surface area contributed by atoms with Gasteiger partial charge in [0.2, 0.25) is 0 Å². The third-order valence-corrected chi connectivity index (χ3v) is 16.4. The van der Waals surface area contributed by atoms with E-state index in [-0.39, 0.29) is 30.9 Å². The molecular formula is C58H54GeIrN4O-2. The van der Waals surface area contributed by atoms with Crippen LogP contribution in [0.4, 0.5) is 0 Å². The number of rotatable bonds is 7. The van der Waals surface area contributed by atoms with Gasteiger partial charge in [0.25, 0.3) is 0 Å². The molecule has 327 valence electrons. The summed E-state index contributed by atoms with van der Waals surface area (Å²) in [6.45, 7) is 9.05. The van der Waals surface area contributed by atoms with Crippen LogP contribution < -0.4 is 4.40 Å². The number of aromatic nitrogens is 4. The molecule has 0 spiro atoms. The predicted molar refractivity (Wildman–Crippen MR) is 269 cm³/mol. The molecule has 0 fully saturated rings. The van der Waals surface area contributed by atoms with Gasteiger partial charge in [-0.3, -0.25) is 9.97 Å². The molecule has 5 nitrogen and oxygen atoms in total. The fraction of sp³-hybridized carbons (Fsp3) is 0.190. The Morgan fingerprint density at radius 2 is 1.38 bits per heavy atom. The normalized spacial score (nSPS) is 12.8. The average Bonchev–Trinajstić information content (AvgIpc) is 3.91. The van der Waals surface area contributed by atoms with E-state index in [1.54, 1.807) is 12.1 Å². The maximum Gasteiger partial charge on any atom is 0 e. The molecule has 7 heteroatoms. The van der Waals surface area contributed by atoms with Crippen molar-refractivity contribution in [1.29, 1.82) is 0 Å². The average molecular weight is 1090 g/mol. The molecule has 4 aromatic heterocycles. The van der Waals surface area contributed by atoms with Crippen molar-refractivity contribution in [2.75, 3.05) is 0 Å². The SMILES string of the molecule is CC(C)(C)c1cncc2nc(-c3[c-]ccc4c3oc3ccccc34)n(-c3ccc(-c4ccccc4)cc3)c12.[2H]C([2H])([2H])c1c[c-]c(-c2cc(C(C)(C)c3ccccc3)[c]([Ge]([CH3])([CH3])[CH3])cn2)cc1.[Ir]. The molecule has 0 saturated carbocycles. The number of furan rings is 1. The summed E-state index contributed by atoms with van der Waals surface area (Å²) in [6.07, 6.45) is 5.86. The standard InChI is InChI=1S/C34H26N3O.C24H28GeN.Ir/c1-34(2,3)28-20-35-21-29-31(28)37(24-18-16-23(17-19-24)22-10-5-4-6-11-22)33(36-29)27-14-9-13-26-25-12-7-8-15-30(25)38-32(26)27;1-18-12-14-19(15-13-18)23-16-21(22(17-26-23)25(4,5)6)24(2,3)20-10-8-7-9-11-20;/h4-13,15-21H,1-3H3;7-14,16-17H,1-6H3;/q2*-1;/i;1D3;. The minimum absolute atomic E-state index is 0. The van der Waals surface area contributed by atoms with Crippen LogP contribution in [0.1, 0.15) is 61.0 Å². The van der Waals surface area contributed by atoms with Gasteiger partial charge in [0.1, 0.15) is 5.58 Å². The van der Waals surface area contributed by atoms with Crippen LogP contribution in [0.15, 0.2) is 169 Å². The number of imidazole rings is 1. The van der Waals surface area contributed by atoms with Gasteiger partial charge < -0.3 is 8.98 Å². The van der Waals surface area contributed by atoms with Crippen molar-refractivity contribution in [3.63, 3.8) is 0 Å². The quantitative estimate of drug-likeness (QED) is 0.118. The largest absolute Gasteiger partial charge is 0 e. The summed E-state index contributed by atoms with van der Waals surface area (Å²) in [5.74, 6) is 7.95. The van der Waals surface area contributed by atoms with Crippen molar-refractivity contribution in [3.8, 4) is 39.5 Å². The Hall–Kier alpha value is -5.92. The maximum atomic E-state index is 7.56. The van der Waals surface area contributed by atoms with Crippen LogP contribution in [0.5, 0.6) is 0 Å². The molecule has 6 aromatic carbocycles. The molecule has 0 bridgehead atoms. The maximum absolute atomic E-state index is 7.56. The van der Waals surface area contributed by atoms with Gasteiger partial charge in [-0.05, 0) is 34.7 Å². The number of hydrogen-bond donors (Lipinski definition) is 0. The van der Waals surface area contributed by atoms with E-state index in [1.165, 1.54) is 26.6 Å². The van der Waals surface area contributed by atoms with Crippen molar-refractivity contribution in [3.05, 3.63) is 199 Å². The summed E-state index contributed by atoms with van der Waals surface area (Å²) < 4.78 is 32.7. The molecule has 0 amide bonds. The molecule has 65 heavy (non-hydrogen) atoms. The van der Waals surface area contributed by atoms with Crippen molar-refractivity contribution in [2.45, 2.75) is 69.6 Å². The number of hydrogen-bond acceptors (Lipinski definition) is 4. The molecule has 0 N–H and O–H groups in total. The zero-order valence-corrected chi connectivity index (χ0v) is 42.6. The summed E-state index contributed by atoms with van der Waals surface area (Å²) in [5.41, 5.74) is 13.1. The Morgan fingerprint density at radius 3 is 2.06 bits per heavy atom. The molecule has 0 aliphatic heterocycles. The van der Waals surface area contributed by atoms with Crippen molar-refractivity contribution in [2.24, 2.45) is 0 Å². The molecule has 0 saturated heterocycles. The fourth-order valence-corrected chi connectivity index (χ4v) is 12.0. The van der Waals surface area contributed by atoms with Gasteiger partial charge >= 0.3 is 165 Å².